The van der Waals surface area contributed by atoms with Gasteiger partial charge in [0.1, 0.15) is 11.5 Å². The summed E-state index contributed by atoms with van der Waals surface area (Å²) in [4.78, 5) is 10.0. The van der Waals surface area contributed by atoms with Crippen molar-refractivity contribution >= 4 is 11.8 Å². The Hall–Kier alpha value is -2.10. The SMILES string of the molecule is C=C1C=Cc2cc([N+](=O)[O-])ccc2O1. The Morgan fingerprint density at radius 3 is 2.86 bits per heavy atom. The summed E-state index contributed by atoms with van der Waals surface area (Å²) < 4.78 is 5.26. The molecular weight excluding hydrogens is 182 g/mol. The molecule has 0 unspecified atom stereocenters. The van der Waals surface area contributed by atoms with Crippen LogP contribution in [0.4, 0.5) is 5.69 Å². The molecule has 0 saturated carbocycles. The van der Waals surface area contributed by atoms with Crippen LogP contribution in [0.15, 0.2) is 36.6 Å². The summed E-state index contributed by atoms with van der Waals surface area (Å²) in [7, 11) is 0. The van der Waals surface area contributed by atoms with Crippen LogP contribution in [-0.2, 0) is 0 Å². The molecule has 1 heterocycles. The summed E-state index contributed by atoms with van der Waals surface area (Å²) in [6.45, 7) is 3.63. The standard InChI is InChI=1S/C10H7NO3/c1-7-2-3-8-6-9(11(12)13)4-5-10(8)14-7/h2-6H,1H2. The zero-order valence-electron chi connectivity index (χ0n) is 7.27. The highest BCUT2D eigenvalue weighted by molar-refractivity contribution is 5.65. The third kappa shape index (κ3) is 1.37. The largest absolute Gasteiger partial charge is 0.457 e. The van der Waals surface area contributed by atoms with Gasteiger partial charge in [-0.25, -0.2) is 0 Å². The second-order valence-electron chi connectivity index (χ2n) is 2.88. The number of hydrogen-bond donors (Lipinski definition) is 0. The molecule has 0 radical (unpaired) electrons. The van der Waals surface area contributed by atoms with Crippen LogP contribution >= 0.6 is 0 Å². The number of allylic oxidation sites excluding steroid dienone is 1. The molecule has 0 fully saturated rings. The van der Waals surface area contributed by atoms with E-state index >= 15 is 0 Å². The summed E-state index contributed by atoms with van der Waals surface area (Å²) in [5.41, 5.74) is 0.760. The van der Waals surface area contributed by atoms with E-state index in [0.717, 1.165) is 0 Å². The molecule has 0 aromatic heterocycles. The molecular formula is C10H7NO3. The van der Waals surface area contributed by atoms with Gasteiger partial charge in [0.15, 0.2) is 0 Å². The fraction of sp³-hybridized carbons (Fsp3) is 0. The summed E-state index contributed by atoms with van der Waals surface area (Å²) >= 11 is 0. The lowest BCUT2D eigenvalue weighted by Crippen LogP contribution is -1.98. The highest BCUT2D eigenvalue weighted by atomic mass is 16.6. The van der Waals surface area contributed by atoms with Gasteiger partial charge in [-0.1, -0.05) is 6.58 Å². The molecule has 14 heavy (non-hydrogen) atoms. The van der Waals surface area contributed by atoms with Crippen molar-refractivity contribution in [2.24, 2.45) is 0 Å². The topological polar surface area (TPSA) is 52.4 Å². The Balaban J connectivity index is 2.49. The Bertz CT molecular complexity index is 449. The van der Waals surface area contributed by atoms with Gasteiger partial charge in [0, 0.05) is 17.7 Å². The number of nitro benzene ring substituents is 1. The monoisotopic (exact) mass is 189 g/mol. The van der Waals surface area contributed by atoms with Gasteiger partial charge in [-0.2, -0.15) is 0 Å². The minimum atomic E-state index is -0.433. The van der Waals surface area contributed by atoms with Crippen molar-refractivity contribution in [2.75, 3.05) is 0 Å². The lowest BCUT2D eigenvalue weighted by atomic mass is 10.1. The van der Waals surface area contributed by atoms with Gasteiger partial charge >= 0.3 is 0 Å². The van der Waals surface area contributed by atoms with Crippen LogP contribution in [0.3, 0.4) is 0 Å². The van der Waals surface area contributed by atoms with E-state index in [1.165, 1.54) is 12.1 Å². The number of nitro groups is 1. The molecule has 0 N–H and O–H groups in total. The zero-order chi connectivity index (χ0) is 10.1. The van der Waals surface area contributed by atoms with E-state index in [4.69, 9.17) is 4.74 Å². The molecule has 1 aliphatic heterocycles. The number of hydrogen-bond acceptors (Lipinski definition) is 3. The molecule has 1 aromatic rings. The number of ether oxygens (including phenoxy) is 1. The first kappa shape index (κ1) is 8.50. The minimum absolute atomic E-state index is 0.0597. The first-order valence-corrected chi connectivity index (χ1v) is 4.00. The predicted molar refractivity (Wildman–Crippen MR) is 51.9 cm³/mol. The Morgan fingerprint density at radius 2 is 2.14 bits per heavy atom. The van der Waals surface area contributed by atoms with Gasteiger partial charge in [0.25, 0.3) is 5.69 Å². The smallest absolute Gasteiger partial charge is 0.270 e. The fourth-order valence-corrected chi connectivity index (χ4v) is 1.23. The van der Waals surface area contributed by atoms with Crippen LogP contribution in [-0.4, -0.2) is 4.92 Å². The molecule has 0 spiro atoms. The van der Waals surface area contributed by atoms with Gasteiger partial charge in [-0.05, 0) is 18.2 Å². The van der Waals surface area contributed by atoms with Crippen LogP contribution in [0.25, 0.3) is 6.08 Å². The first-order chi connectivity index (χ1) is 6.66. The Kier molecular flexibility index (Phi) is 1.81. The van der Waals surface area contributed by atoms with Crippen LogP contribution in [0.2, 0.25) is 0 Å². The molecule has 2 rings (SSSR count). The van der Waals surface area contributed by atoms with Crippen LogP contribution in [0.5, 0.6) is 5.75 Å². The number of benzene rings is 1. The molecule has 0 amide bonds. The van der Waals surface area contributed by atoms with Crippen LogP contribution in [0, 0.1) is 10.1 Å². The van der Waals surface area contributed by atoms with Crippen molar-refractivity contribution in [3.8, 4) is 5.75 Å². The summed E-state index contributed by atoms with van der Waals surface area (Å²) in [5.74, 6) is 1.13. The molecule has 0 atom stereocenters. The summed E-state index contributed by atoms with van der Waals surface area (Å²) in [6.07, 6.45) is 3.42. The van der Waals surface area contributed by atoms with E-state index in [-0.39, 0.29) is 5.69 Å². The van der Waals surface area contributed by atoms with E-state index in [1.807, 2.05) is 0 Å². The Morgan fingerprint density at radius 1 is 1.36 bits per heavy atom. The third-order valence-electron chi connectivity index (χ3n) is 1.89. The predicted octanol–water partition coefficient (Wildman–Crippen LogP) is 2.51. The zero-order valence-corrected chi connectivity index (χ0v) is 7.27. The summed E-state index contributed by atoms with van der Waals surface area (Å²) in [5, 5.41) is 10.5. The fourth-order valence-electron chi connectivity index (χ4n) is 1.23. The highest BCUT2D eigenvalue weighted by Crippen LogP contribution is 2.29. The third-order valence-corrected chi connectivity index (χ3v) is 1.89. The first-order valence-electron chi connectivity index (χ1n) is 4.00. The van der Waals surface area contributed by atoms with Crippen molar-refractivity contribution in [3.05, 3.63) is 52.3 Å². The molecule has 0 bridgehead atoms. The quantitative estimate of drug-likeness (QED) is 0.503. The second-order valence-corrected chi connectivity index (χ2v) is 2.88. The van der Waals surface area contributed by atoms with Gasteiger partial charge in [-0.15, -0.1) is 0 Å². The van der Waals surface area contributed by atoms with Gasteiger partial charge < -0.3 is 4.74 Å². The van der Waals surface area contributed by atoms with Crippen LogP contribution < -0.4 is 4.74 Å². The van der Waals surface area contributed by atoms with E-state index in [9.17, 15) is 10.1 Å². The molecule has 0 aliphatic carbocycles. The van der Waals surface area contributed by atoms with Gasteiger partial charge in [0.2, 0.25) is 0 Å². The van der Waals surface area contributed by atoms with E-state index in [2.05, 4.69) is 6.58 Å². The Labute approximate surface area is 80.3 Å². The number of non-ortho nitro benzene ring substituents is 1. The number of nitrogens with zero attached hydrogens (tertiary/aromatic N) is 1. The van der Waals surface area contributed by atoms with E-state index < -0.39 is 4.92 Å². The average Bonchev–Trinajstić information content (AvgIpc) is 2.16. The van der Waals surface area contributed by atoms with Crippen molar-refractivity contribution in [1.29, 1.82) is 0 Å². The molecule has 1 aromatic carbocycles. The van der Waals surface area contributed by atoms with Crippen molar-refractivity contribution in [2.45, 2.75) is 0 Å². The molecule has 4 heteroatoms. The summed E-state index contributed by atoms with van der Waals surface area (Å²) in [6, 6.07) is 4.45. The van der Waals surface area contributed by atoms with Crippen molar-refractivity contribution in [1.82, 2.24) is 0 Å². The van der Waals surface area contributed by atoms with Crippen molar-refractivity contribution in [3.63, 3.8) is 0 Å². The van der Waals surface area contributed by atoms with E-state index in [1.54, 1.807) is 18.2 Å². The van der Waals surface area contributed by atoms with Crippen molar-refractivity contribution < 1.29 is 9.66 Å². The van der Waals surface area contributed by atoms with E-state index in [0.29, 0.717) is 17.1 Å². The maximum Gasteiger partial charge on any atom is 0.270 e. The lowest BCUT2D eigenvalue weighted by Gasteiger charge is -2.12. The highest BCUT2D eigenvalue weighted by Gasteiger charge is 2.12. The van der Waals surface area contributed by atoms with Gasteiger partial charge in [0.05, 0.1) is 4.92 Å². The molecule has 0 saturated heterocycles. The molecule has 1 aliphatic rings. The number of fused-ring (bicyclic) bond motifs is 1. The molecule has 70 valence electrons. The van der Waals surface area contributed by atoms with Crippen LogP contribution in [0.1, 0.15) is 5.56 Å². The van der Waals surface area contributed by atoms with Gasteiger partial charge in [-0.3, -0.25) is 10.1 Å². The average molecular weight is 189 g/mol. The number of rotatable bonds is 1. The minimum Gasteiger partial charge on any atom is -0.457 e. The lowest BCUT2D eigenvalue weighted by molar-refractivity contribution is -0.384. The maximum absolute atomic E-state index is 10.5. The maximum atomic E-state index is 10.5. The normalized spacial score (nSPS) is 13.3. The molecule has 4 nitrogen and oxygen atoms in total. The second kappa shape index (κ2) is 2.99.